The number of carbonyl (C=O) groups is 3. The number of para-hydroxylation sites is 2. The normalized spacial score (nSPS) is 18.4. The zero-order chi connectivity index (χ0) is 22.9. The second kappa shape index (κ2) is 8.54. The standard InChI is InChI=1S/C25H25N5O3/c1-16-14-22(26-19-8-4-2-6-17(16)19)29-10-12-30(13-11-29)23(31)15-21-25(33)27-20-9-5-3-7-18(20)24(32)28-21/h2-9,14,21H,10-13,15H2,1H3,(H,27,33)(H,28,32)/t21-/m0/s1. The van der Waals surface area contributed by atoms with Gasteiger partial charge in [0.05, 0.1) is 23.2 Å². The minimum absolute atomic E-state index is 0.0705. The number of aryl methyl sites for hydroxylation is 1. The number of piperazine rings is 1. The van der Waals surface area contributed by atoms with E-state index < -0.39 is 6.04 Å². The largest absolute Gasteiger partial charge is 0.353 e. The van der Waals surface area contributed by atoms with Crippen molar-refractivity contribution < 1.29 is 14.4 Å². The van der Waals surface area contributed by atoms with Gasteiger partial charge in [0.2, 0.25) is 11.8 Å². The number of rotatable bonds is 3. The molecule has 168 valence electrons. The fourth-order valence-electron chi connectivity index (χ4n) is 4.44. The van der Waals surface area contributed by atoms with Crippen LogP contribution in [0.2, 0.25) is 0 Å². The van der Waals surface area contributed by atoms with Crippen molar-refractivity contribution >= 4 is 40.1 Å². The first-order chi connectivity index (χ1) is 16.0. The first-order valence-electron chi connectivity index (χ1n) is 11.1. The van der Waals surface area contributed by atoms with Gasteiger partial charge in [-0.2, -0.15) is 0 Å². The van der Waals surface area contributed by atoms with E-state index in [4.69, 9.17) is 4.98 Å². The Morgan fingerprint density at radius 1 is 1.03 bits per heavy atom. The summed E-state index contributed by atoms with van der Waals surface area (Å²) in [7, 11) is 0. The third kappa shape index (κ3) is 4.11. The van der Waals surface area contributed by atoms with Crippen molar-refractivity contribution in [3.8, 4) is 0 Å². The molecule has 1 saturated heterocycles. The number of carbonyl (C=O) groups excluding carboxylic acids is 3. The van der Waals surface area contributed by atoms with Gasteiger partial charge >= 0.3 is 0 Å². The molecule has 2 aromatic carbocycles. The molecule has 1 fully saturated rings. The predicted octanol–water partition coefficient (Wildman–Crippen LogP) is 2.33. The van der Waals surface area contributed by atoms with Gasteiger partial charge in [-0.05, 0) is 36.8 Å². The second-order valence-electron chi connectivity index (χ2n) is 8.45. The zero-order valence-electron chi connectivity index (χ0n) is 18.4. The van der Waals surface area contributed by atoms with Crippen molar-refractivity contribution in [2.75, 3.05) is 36.4 Å². The Morgan fingerprint density at radius 3 is 2.58 bits per heavy atom. The van der Waals surface area contributed by atoms with Gasteiger partial charge in [0.1, 0.15) is 11.9 Å². The summed E-state index contributed by atoms with van der Waals surface area (Å²) < 4.78 is 0. The molecular weight excluding hydrogens is 418 g/mol. The molecule has 5 rings (SSSR count). The SMILES string of the molecule is Cc1cc(N2CCN(C(=O)C[C@@H]3NC(=O)c4ccccc4NC3=O)CC2)nc2ccccc12. The van der Waals surface area contributed by atoms with Gasteiger partial charge in [-0.3, -0.25) is 14.4 Å². The first-order valence-corrected chi connectivity index (χ1v) is 11.1. The van der Waals surface area contributed by atoms with Crippen LogP contribution < -0.4 is 15.5 Å². The molecule has 8 nitrogen and oxygen atoms in total. The van der Waals surface area contributed by atoms with Crippen LogP contribution in [0.1, 0.15) is 22.3 Å². The van der Waals surface area contributed by atoms with Crippen molar-refractivity contribution in [2.45, 2.75) is 19.4 Å². The highest BCUT2D eigenvalue weighted by atomic mass is 16.2. The maximum atomic E-state index is 12.9. The van der Waals surface area contributed by atoms with Gasteiger partial charge in [0, 0.05) is 31.6 Å². The smallest absolute Gasteiger partial charge is 0.254 e. The molecule has 0 aliphatic carbocycles. The van der Waals surface area contributed by atoms with E-state index in [1.165, 1.54) is 5.56 Å². The molecule has 3 heterocycles. The van der Waals surface area contributed by atoms with E-state index in [1.807, 2.05) is 18.2 Å². The Bertz CT molecular complexity index is 1250. The Balaban J connectivity index is 1.22. The van der Waals surface area contributed by atoms with E-state index in [9.17, 15) is 14.4 Å². The van der Waals surface area contributed by atoms with Gasteiger partial charge in [0.25, 0.3) is 5.91 Å². The van der Waals surface area contributed by atoms with E-state index in [1.54, 1.807) is 29.2 Å². The predicted molar refractivity (Wildman–Crippen MR) is 126 cm³/mol. The van der Waals surface area contributed by atoms with Crippen molar-refractivity contribution in [3.05, 3.63) is 65.7 Å². The molecule has 1 atom stereocenters. The number of hydrogen-bond donors (Lipinski definition) is 2. The summed E-state index contributed by atoms with van der Waals surface area (Å²) >= 11 is 0. The summed E-state index contributed by atoms with van der Waals surface area (Å²) in [5.41, 5.74) is 2.99. The number of benzene rings is 2. The van der Waals surface area contributed by atoms with Crippen LogP contribution in [0.25, 0.3) is 10.9 Å². The Kier molecular flexibility index (Phi) is 5.42. The lowest BCUT2D eigenvalue weighted by Gasteiger charge is -2.36. The highest BCUT2D eigenvalue weighted by Gasteiger charge is 2.32. The van der Waals surface area contributed by atoms with Crippen LogP contribution >= 0.6 is 0 Å². The van der Waals surface area contributed by atoms with Crippen LogP contribution in [0.5, 0.6) is 0 Å². The molecule has 2 aliphatic heterocycles. The van der Waals surface area contributed by atoms with Gasteiger partial charge in [-0.25, -0.2) is 4.98 Å². The minimum atomic E-state index is -0.903. The van der Waals surface area contributed by atoms with Gasteiger partial charge in [-0.15, -0.1) is 0 Å². The number of nitrogens with zero attached hydrogens (tertiary/aromatic N) is 3. The van der Waals surface area contributed by atoms with Crippen LogP contribution in [0.4, 0.5) is 11.5 Å². The molecule has 0 saturated carbocycles. The fourth-order valence-corrected chi connectivity index (χ4v) is 4.44. The first kappa shape index (κ1) is 20.9. The average molecular weight is 444 g/mol. The number of aromatic nitrogens is 1. The van der Waals surface area contributed by atoms with Gasteiger partial charge in [0.15, 0.2) is 0 Å². The third-order valence-electron chi connectivity index (χ3n) is 6.30. The van der Waals surface area contributed by atoms with Crippen molar-refractivity contribution in [1.29, 1.82) is 0 Å². The molecule has 2 N–H and O–H groups in total. The van der Waals surface area contributed by atoms with Crippen molar-refractivity contribution in [1.82, 2.24) is 15.2 Å². The molecule has 3 amide bonds. The highest BCUT2D eigenvalue weighted by molar-refractivity contribution is 6.10. The van der Waals surface area contributed by atoms with E-state index in [0.29, 0.717) is 37.4 Å². The number of pyridine rings is 1. The fraction of sp³-hybridized carbons (Fsp3) is 0.280. The molecule has 0 bridgehead atoms. The molecule has 3 aromatic rings. The zero-order valence-corrected chi connectivity index (χ0v) is 18.4. The summed E-state index contributed by atoms with van der Waals surface area (Å²) in [6.07, 6.45) is -0.0705. The lowest BCUT2D eigenvalue weighted by molar-refractivity contribution is -0.134. The van der Waals surface area contributed by atoms with Crippen LogP contribution in [-0.2, 0) is 9.59 Å². The second-order valence-corrected chi connectivity index (χ2v) is 8.45. The van der Waals surface area contributed by atoms with Gasteiger partial charge < -0.3 is 20.4 Å². The summed E-state index contributed by atoms with van der Waals surface area (Å²) in [6, 6.07) is 16.1. The molecule has 33 heavy (non-hydrogen) atoms. The van der Waals surface area contributed by atoms with Crippen LogP contribution in [0.3, 0.4) is 0 Å². The number of amides is 3. The third-order valence-corrected chi connectivity index (χ3v) is 6.30. The van der Waals surface area contributed by atoms with Crippen molar-refractivity contribution in [3.63, 3.8) is 0 Å². The van der Waals surface area contributed by atoms with E-state index >= 15 is 0 Å². The number of hydrogen-bond acceptors (Lipinski definition) is 5. The Morgan fingerprint density at radius 2 is 1.76 bits per heavy atom. The lowest BCUT2D eigenvalue weighted by atomic mass is 10.1. The number of anilines is 2. The Labute approximate surface area is 191 Å². The number of nitrogens with one attached hydrogen (secondary N) is 2. The highest BCUT2D eigenvalue weighted by Crippen LogP contribution is 2.24. The average Bonchev–Trinajstić information content (AvgIpc) is 2.95. The molecule has 0 unspecified atom stereocenters. The molecular formula is C25H25N5O3. The maximum absolute atomic E-state index is 12.9. The van der Waals surface area contributed by atoms with Crippen LogP contribution in [-0.4, -0.2) is 59.8 Å². The minimum Gasteiger partial charge on any atom is -0.353 e. The van der Waals surface area contributed by atoms with Crippen LogP contribution in [0, 0.1) is 6.92 Å². The molecule has 8 heteroatoms. The summed E-state index contributed by atoms with van der Waals surface area (Å²) in [6.45, 7) is 4.47. The quantitative estimate of drug-likeness (QED) is 0.648. The van der Waals surface area contributed by atoms with E-state index in [-0.39, 0.29) is 24.1 Å². The maximum Gasteiger partial charge on any atom is 0.254 e. The Hall–Kier alpha value is -3.94. The molecule has 0 radical (unpaired) electrons. The topological polar surface area (TPSA) is 94.6 Å². The molecule has 0 spiro atoms. The molecule has 2 aliphatic rings. The lowest BCUT2D eigenvalue weighted by Crippen LogP contribution is -2.51. The van der Waals surface area contributed by atoms with Crippen LogP contribution in [0.15, 0.2) is 54.6 Å². The number of fused-ring (bicyclic) bond motifs is 2. The summed E-state index contributed by atoms with van der Waals surface area (Å²) in [5, 5.41) is 6.58. The monoisotopic (exact) mass is 443 g/mol. The summed E-state index contributed by atoms with van der Waals surface area (Å²) in [4.78, 5) is 46.8. The molecule has 1 aromatic heterocycles. The van der Waals surface area contributed by atoms with E-state index in [2.05, 4.69) is 34.6 Å². The van der Waals surface area contributed by atoms with E-state index in [0.717, 1.165) is 16.7 Å². The van der Waals surface area contributed by atoms with Gasteiger partial charge in [-0.1, -0.05) is 30.3 Å². The summed E-state index contributed by atoms with van der Waals surface area (Å²) in [5.74, 6) is 0.0237. The van der Waals surface area contributed by atoms with Crippen molar-refractivity contribution in [2.24, 2.45) is 0 Å².